The van der Waals surface area contributed by atoms with Crippen LogP contribution in [0.3, 0.4) is 0 Å². The highest BCUT2D eigenvalue weighted by atomic mass is 32.2. The van der Waals surface area contributed by atoms with Crippen LogP contribution in [0.4, 0.5) is 4.39 Å². The molecule has 0 bridgehead atoms. The van der Waals surface area contributed by atoms with E-state index in [1.807, 2.05) is 0 Å². The molecule has 28 heavy (non-hydrogen) atoms. The number of aromatic nitrogens is 5. The van der Waals surface area contributed by atoms with Gasteiger partial charge in [-0.3, -0.25) is 10.4 Å². The van der Waals surface area contributed by atoms with Crippen molar-refractivity contribution in [2.24, 2.45) is 4.99 Å². The predicted molar refractivity (Wildman–Crippen MR) is 100.0 cm³/mol. The van der Waals surface area contributed by atoms with Gasteiger partial charge in [0, 0.05) is 23.5 Å². The zero-order chi connectivity index (χ0) is 19.3. The summed E-state index contributed by atoms with van der Waals surface area (Å²) in [5.41, 5.74) is 2.27. The summed E-state index contributed by atoms with van der Waals surface area (Å²) in [4.78, 5) is 15.2. The van der Waals surface area contributed by atoms with Crippen molar-refractivity contribution in [3.05, 3.63) is 66.3 Å². The van der Waals surface area contributed by atoms with Crippen LogP contribution >= 0.6 is 11.8 Å². The van der Waals surface area contributed by atoms with Gasteiger partial charge < -0.3 is 9.40 Å². The van der Waals surface area contributed by atoms with Gasteiger partial charge in [0.1, 0.15) is 12.2 Å². The van der Waals surface area contributed by atoms with Crippen molar-refractivity contribution in [1.29, 1.82) is 5.41 Å². The lowest BCUT2D eigenvalue weighted by Gasteiger charge is -2.04. The SMILES string of the molecule is N=C/N=c1/nc(-c2ccc(F)cc2)cc(Sc2nnc(-c3ccncc3)o2)[nH]1. The Bertz CT molecular complexity index is 1170. The Morgan fingerprint density at radius 3 is 2.61 bits per heavy atom. The fraction of sp³-hybridized carbons (Fsp3) is 0. The number of nitrogens with one attached hydrogen (secondary N) is 2. The molecule has 0 amide bonds. The third kappa shape index (κ3) is 4.01. The van der Waals surface area contributed by atoms with E-state index in [1.165, 1.54) is 23.9 Å². The van der Waals surface area contributed by atoms with Crippen LogP contribution in [0.1, 0.15) is 0 Å². The van der Waals surface area contributed by atoms with Crippen LogP contribution in [0.25, 0.3) is 22.7 Å². The zero-order valence-corrected chi connectivity index (χ0v) is 15.0. The van der Waals surface area contributed by atoms with Crippen molar-refractivity contribution < 1.29 is 8.81 Å². The monoisotopic (exact) mass is 393 g/mol. The summed E-state index contributed by atoms with van der Waals surface area (Å²) >= 11 is 1.19. The average Bonchev–Trinajstić information content (AvgIpc) is 3.18. The molecule has 3 heterocycles. The minimum atomic E-state index is -0.334. The van der Waals surface area contributed by atoms with Crippen molar-refractivity contribution in [2.45, 2.75) is 10.2 Å². The number of benzene rings is 1. The Morgan fingerprint density at radius 1 is 1.07 bits per heavy atom. The van der Waals surface area contributed by atoms with Gasteiger partial charge in [0.25, 0.3) is 5.22 Å². The van der Waals surface area contributed by atoms with Crippen molar-refractivity contribution in [2.75, 3.05) is 0 Å². The second-order valence-electron chi connectivity index (χ2n) is 5.43. The molecule has 1 aromatic carbocycles. The van der Waals surface area contributed by atoms with Gasteiger partial charge in [-0.25, -0.2) is 14.4 Å². The van der Waals surface area contributed by atoms with E-state index in [1.54, 1.807) is 42.7 Å². The molecular formula is C18H12FN7OS. The maximum absolute atomic E-state index is 13.2. The van der Waals surface area contributed by atoms with Gasteiger partial charge in [-0.15, -0.1) is 10.2 Å². The largest absolute Gasteiger partial charge is 0.411 e. The first-order chi connectivity index (χ1) is 13.7. The van der Waals surface area contributed by atoms with E-state index in [0.29, 0.717) is 27.4 Å². The van der Waals surface area contributed by atoms with Crippen LogP contribution in [0.5, 0.6) is 0 Å². The van der Waals surface area contributed by atoms with Crippen molar-refractivity contribution in [3.8, 4) is 22.7 Å². The number of hydrogen-bond donors (Lipinski definition) is 2. The lowest BCUT2D eigenvalue weighted by atomic mass is 10.1. The number of hydrogen-bond acceptors (Lipinski definition) is 7. The van der Waals surface area contributed by atoms with Crippen LogP contribution in [-0.4, -0.2) is 31.5 Å². The highest BCUT2D eigenvalue weighted by Crippen LogP contribution is 2.29. The third-order valence-electron chi connectivity index (χ3n) is 3.59. The molecule has 3 aromatic heterocycles. The van der Waals surface area contributed by atoms with Gasteiger partial charge in [0.15, 0.2) is 0 Å². The summed E-state index contributed by atoms with van der Waals surface area (Å²) in [6.07, 6.45) is 4.17. The highest BCUT2D eigenvalue weighted by molar-refractivity contribution is 7.99. The standard InChI is InChI=1S/C18H12FN7OS/c19-13-3-1-11(2-4-13)14-9-15(24-17(23-14)22-10-20)28-18-26-25-16(27-18)12-5-7-21-8-6-12/h1-10H,(H2,20,22,23,24). The van der Waals surface area contributed by atoms with Crippen LogP contribution in [0.15, 0.2) is 74.5 Å². The number of nitrogens with zero attached hydrogens (tertiary/aromatic N) is 5. The Balaban J connectivity index is 1.68. The first-order valence-electron chi connectivity index (χ1n) is 8.03. The smallest absolute Gasteiger partial charge is 0.283 e. The summed E-state index contributed by atoms with van der Waals surface area (Å²) in [5.74, 6) is 0.0434. The van der Waals surface area contributed by atoms with Gasteiger partial charge >= 0.3 is 0 Å². The van der Waals surface area contributed by atoms with E-state index in [-0.39, 0.29) is 11.4 Å². The first kappa shape index (κ1) is 17.7. The van der Waals surface area contributed by atoms with Crippen molar-refractivity contribution in [1.82, 2.24) is 25.1 Å². The molecule has 0 aliphatic rings. The Kier molecular flexibility index (Phi) is 5.02. The van der Waals surface area contributed by atoms with Gasteiger partial charge in [0.2, 0.25) is 11.5 Å². The van der Waals surface area contributed by atoms with E-state index in [9.17, 15) is 4.39 Å². The van der Waals surface area contributed by atoms with Crippen molar-refractivity contribution >= 4 is 18.1 Å². The third-order valence-corrected chi connectivity index (χ3v) is 4.37. The molecular weight excluding hydrogens is 381 g/mol. The maximum atomic E-state index is 13.2. The quantitative estimate of drug-likeness (QED) is 0.305. The van der Waals surface area contributed by atoms with E-state index < -0.39 is 0 Å². The van der Waals surface area contributed by atoms with E-state index >= 15 is 0 Å². The summed E-state index contributed by atoms with van der Waals surface area (Å²) < 4.78 is 18.9. The number of pyridine rings is 1. The molecule has 0 saturated carbocycles. The molecule has 0 aliphatic heterocycles. The molecule has 4 aromatic rings. The summed E-state index contributed by atoms with van der Waals surface area (Å²) in [5, 5.41) is 16.2. The number of rotatable bonds is 5. The summed E-state index contributed by atoms with van der Waals surface area (Å²) in [7, 11) is 0. The Labute approximate surface area is 162 Å². The molecule has 2 N–H and O–H groups in total. The Morgan fingerprint density at radius 2 is 1.86 bits per heavy atom. The van der Waals surface area contributed by atoms with Gasteiger partial charge in [-0.1, -0.05) is 0 Å². The average molecular weight is 393 g/mol. The second kappa shape index (κ2) is 7.92. The van der Waals surface area contributed by atoms with Crippen LogP contribution < -0.4 is 5.62 Å². The van der Waals surface area contributed by atoms with Crippen LogP contribution in [-0.2, 0) is 0 Å². The molecule has 0 radical (unpaired) electrons. The maximum Gasteiger partial charge on any atom is 0.283 e. The van der Waals surface area contributed by atoms with E-state index in [0.717, 1.165) is 11.9 Å². The summed E-state index contributed by atoms with van der Waals surface area (Å²) in [6.45, 7) is 0. The van der Waals surface area contributed by atoms with E-state index in [4.69, 9.17) is 9.83 Å². The minimum Gasteiger partial charge on any atom is -0.411 e. The van der Waals surface area contributed by atoms with Crippen molar-refractivity contribution in [3.63, 3.8) is 0 Å². The minimum absolute atomic E-state index is 0.230. The van der Waals surface area contributed by atoms with Gasteiger partial charge in [-0.2, -0.15) is 0 Å². The van der Waals surface area contributed by atoms with Crippen LogP contribution in [0.2, 0.25) is 0 Å². The second-order valence-corrected chi connectivity index (χ2v) is 6.42. The lowest BCUT2D eigenvalue weighted by Crippen LogP contribution is -2.14. The number of H-pyrrole nitrogens is 1. The number of halogens is 1. The predicted octanol–water partition coefficient (Wildman–Crippen LogP) is 3.32. The van der Waals surface area contributed by atoms with Gasteiger partial charge in [-0.05, 0) is 54.2 Å². The molecule has 0 aliphatic carbocycles. The molecule has 10 heteroatoms. The van der Waals surface area contributed by atoms with Gasteiger partial charge in [0.05, 0.1) is 10.7 Å². The Hall–Kier alpha value is -3.66. The molecule has 8 nitrogen and oxygen atoms in total. The highest BCUT2D eigenvalue weighted by Gasteiger charge is 2.12. The van der Waals surface area contributed by atoms with Crippen LogP contribution in [0, 0.1) is 11.2 Å². The molecule has 138 valence electrons. The molecule has 0 saturated heterocycles. The summed E-state index contributed by atoms with van der Waals surface area (Å²) in [6, 6.07) is 11.3. The zero-order valence-electron chi connectivity index (χ0n) is 14.2. The molecule has 0 fully saturated rings. The molecule has 0 atom stereocenters. The fourth-order valence-electron chi connectivity index (χ4n) is 2.35. The number of aromatic amines is 1. The first-order valence-corrected chi connectivity index (χ1v) is 8.85. The molecule has 0 unspecified atom stereocenters. The normalized spacial score (nSPS) is 11.5. The molecule has 4 rings (SSSR count). The van der Waals surface area contributed by atoms with E-state index in [2.05, 4.69) is 30.1 Å². The lowest BCUT2D eigenvalue weighted by molar-refractivity contribution is 0.465. The fourth-order valence-corrected chi connectivity index (χ4v) is 3.05. The topological polar surface area (TPSA) is 117 Å². The molecule has 0 spiro atoms.